The molecule has 0 spiro atoms. The maximum atomic E-state index is 11.8. The number of hydrogen-bond acceptors (Lipinski definition) is 4. The zero-order chi connectivity index (χ0) is 16.9. The zero-order valence-electron chi connectivity index (χ0n) is 12.6. The third kappa shape index (κ3) is 3.83. The van der Waals surface area contributed by atoms with Crippen LogP contribution in [0, 0.1) is 11.3 Å². The third-order valence-corrected chi connectivity index (χ3v) is 3.51. The summed E-state index contributed by atoms with van der Waals surface area (Å²) in [6.07, 6.45) is 3.56. The van der Waals surface area contributed by atoms with Crippen LogP contribution < -0.4 is 10.1 Å². The summed E-state index contributed by atoms with van der Waals surface area (Å²) in [6.45, 7) is 0.194. The van der Waals surface area contributed by atoms with Crippen LogP contribution in [0.3, 0.4) is 0 Å². The number of carbonyl (C=O) groups is 1. The highest BCUT2D eigenvalue weighted by atomic mass is 35.5. The number of ether oxygens (including phenoxy) is 1. The molecule has 0 bridgehead atoms. The molecule has 2 aromatic heterocycles. The number of halogens is 1. The fraction of sp³-hybridized carbons (Fsp3) is 0.118. The molecule has 6 nitrogen and oxygen atoms in total. The van der Waals surface area contributed by atoms with E-state index in [-0.39, 0.29) is 12.5 Å². The van der Waals surface area contributed by atoms with Crippen molar-refractivity contribution < 1.29 is 9.53 Å². The quantitative estimate of drug-likeness (QED) is 0.774. The Kier molecular flexibility index (Phi) is 4.64. The van der Waals surface area contributed by atoms with Crippen LogP contribution in [-0.2, 0) is 11.3 Å². The normalized spacial score (nSPS) is 10.3. The molecular formula is C17H13ClN4O2. The van der Waals surface area contributed by atoms with Gasteiger partial charge in [0.1, 0.15) is 11.4 Å². The molecule has 0 aliphatic heterocycles. The van der Waals surface area contributed by atoms with Crippen LogP contribution in [-0.4, -0.2) is 21.9 Å². The summed E-state index contributed by atoms with van der Waals surface area (Å²) >= 11 is 5.92. The van der Waals surface area contributed by atoms with Crippen molar-refractivity contribution in [3.05, 3.63) is 65.1 Å². The molecule has 0 radical (unpaired) electrons. The molecule has 0 saturated heterocycles. The lowest BCUT2D eigenvalue weighted by Gasteiger charge is -2.06. The standard InChI is InChI=1S/C17H13ClN4O2/c18-13-3-6-16-21-14(10-22(16)9-13)8-20-17(23)11-24-15-4-1-12(7-19)2-5-15/h1-6,9-10H,8,11H2,(H,20,23). The van der Waals surface area contributed by atoms with Crippen molar-refractivity contribution in [1.29, 1.82) is 5.26 Å². The van der Waals surface area contributed by atoms with E-state index in [2.05, 4.69) is 10.3 Å². The van der Waals surface area contributed by atoms with Crippen molar-refractivity contribution in [2.75, 3.05) is 6.61 Å². The van der Waals surface area contributed by atoms with Gasteiger partial charge in [0, 0.05) is 12.4 Å². The van der Waals surface area contributed by atoms with E-state index in [9.17, 15) is 4.79 Å². The van der Waals surface area contributed by atoms with Gasteiger partial charge in [-0.2, -0.15) is 5.26 Å². The second-order valence-corrected chi connectivity index (χ2v) is 5.48. The van der Waals surface area contributed by atoms with Gasteiger partial charge >= 0.3 is 0 Å². The van der Waals surface area contributed by atoms with E-state index in [4.69, 9.17) is 21.6 Å². The molecule has 0 atom stereocenters. The first-order valence-corrected chi connectivity index (χ1v) is 7.54. The minimum atomic E-state index is -0.255. The summed E-state index contributed by atoms with van der Waals surface area (Å²) in [6, 6.07) is 12.2. The Hall–Kier alpha value is -3.04. The number of fused-ring (bicyclic) bond motifs is 1. The maximum absolute atomic E-state index is 11.8. The number of benzene rings is 1. The summed E-state index contributed by atoms with van der Waals surface area (Å²) in [7, 11) is 0. The smallest absolute Gasteiger partial charge is 0.258 e. The Morgan fingerprint density at radius 2 is 2.04 bits per heavy atom. The van der Waals surface area contributed by atoms with Crippen molar-refractivity contribution in [3.63, 3.8) is 0 Å². The Bertz CT molecular complexity index is 912. The van der Waals surface area contributed by atoms with E-state index in [0.717, 1.165) is 11.3 Å². The van der Waals surface area contributed by atoms with Crippen LogP contribution in [0.4, 0.5) is 0 Å². The van der Waals surface area contributed by atoms with Crippen molar-refractivity contribution in [2.24, 2.45) is 0 Å². The van der Waals surface area contributed by atoms with Crippen LogP contribution in [0.1, 0.15) is 11.3 Å². The molecule has 1 aromatic carbocycles. The number of rotatable bonds is 5. The Labute approximate surface area is 143 Å². The van der Waals surface area contributed by atoms with Gasteiger partial charge in [0.15, 0.2) is 6.61 Å². The van der Waals surface area contributed by atoms with E-state index >= 15 is 0 Å². The SMILES string of the molecule is N#Cc1ccc(OCC(=O)NCc2cn3cc(Cl)ccc3n2)cc1. The van der Waals surface area contributed by atoms with Crippen molar-refractivity contribution in [1.82, 2.24) is 14.7 Å². The third-order valence-electron chi connectivity index (χ3n) is 3.28. The molecule has 0 aliphatic carbocycles. The lowest BCUT2D eigenvalue weighted by molar-refractivity contribution is -0.123. The zero-order valence-corrected chi connectivity index (χ0v) is 13.3. The van der Waals surface area contributed by atoms with E-state index in [1.165, 1.54) is 0 Å². The second-order valence-electron chi connectivity index (χ2n) is 5.05. The number of carbonyl (C=O) groups excluding carboxylic acids is 1. The van der Waals surface area contributed by atoms with Crippen molar-refractivity contribution in [3.8, 4) is 11.8 Å². The number of hydrogen-bond donors (Lipinski definition) is 1. The molecular weight excluding hydrogens is 328 g/mol. The van der Waals surface area contributed by atoms with Gasteiger partial charge in [-0.3, -0.25) is 4.79 Å². The van der Waals surface area contributed by atoms with Crippen molar-refractivity contribution in [2.45, 2.75) is 6.54 Å². The van der Waals surface area contributed by atoms with E-state index in [1.807, 2.05) is 18.3 Å². The van der Waals surface area contributed by atoms with Crippen LogP contribution in [0.25, 0.3) is 5.65 Å². The molecule has 7 heteroatoms. The maximum Gasteiger partial charge on any atom is 0.258 e. The molecule has 0 unspecified atom stereocenters. The summed E-state index contributed by atoms with van der Waals surface area (Å²) in [5.41, 5.74) is 2.03. The topological polar surface area (TPSA) is 79.4 Å². The number of pyridine rings is 1. The minimum Gasteiger partial charge on any atom is -0.484 e. The first-order chi connectivity index (χ1) is 11.6. The van der Waals surface area contributed by atoms with Gasteiger partial charge in [0.25, 0.3) is 5.91 Å². The molecule has 3 rings (SSSR count). The Morgan fingerprint density at radius 3 is 2.79 bits per heavy atom. The number of aromatic nitrogens is 2. The average molecular weight is 341 g/mol. The fourth-order valence-electron chi connectivity index (χ4n) is 2.12. The molecule has 24 heavy (non-hydrogen) atoms. The number of nitrogens with zero attached hydrogens (tertiary/aromatic N) is 3. The highest BCUT2D eigenvalue weighted by Crippen LogP contribution is 2.12. The summed E-state index contributed by atoms with van der Waals surface area (Å²) in [5.74, 6) is 0.279. The van der Waals surface area contributed by atoms with Gasteiger partial charge in [-0.1, -0.05) is 11.6 Å². The number of nitrogens with one attached hydrogen (secondary N) is 1. The summed E-state index contributed by atoms with van der Waals surface area (Å²) < 4.78 is 7.17. The van der Waals surface area contributed by atoms with E-state index in [0.29, 0.717) is 22.9 Å². The number of imidazole rings is 1. The van der Waals surface area contributed by atoms with E-state index < -0.39 is 0 Å². The van der Waals surface area contributed by atoms with Gasteiger partial charge in [0.2, 0.25) is 0 Å². The Morgan fingerprint density at radius 1 is 1.25 bits per heavy atom. The van der Waals surface area contributed by atoms with Gasteiger partial charge in [-0.15, -0.1) is 0 Å². The summed E-state index contributed by atoms with van der Waals surface area (Å²) in [4.78, 5) is 16.2. The van der Waals surface area contributed by atoms with E-state index in [1.54, 1.807) is 40.9 Å². The molecule has 0 fully saturated rings. The predicted octanol–water partition coefficient (Wildman–Crippen LogP) is 2.55. The van der Waals surface area contributed by atoms with Gasteiger partial charge in [-0.05, 0) is 36.4 Å². The highest BCUT2D eigenvalue weighted by molar-refractivity contribution is 6.30. The highest BCUT2D eigenvalue weighted by Gasteiger charge is 2.06. The van der Waals surface area contributed by atoms with Gasteiger partial charge < -0.3 is 14.5 Å². The van der Waals surface area contributed by atoms with Crippen LogP contribution in [0.15, 0.2) is 48.8 Å². The molecule has 3 aromatic rings. The molecule has 120 valence electrons. The average Bonchev–Trinajstić information content (AvgIpc) is 3.00. The minimum absolute atomic E-state index is 0.106. The van der Waals surface area contributed by atoms with Gasteiger partial charge in [0.05, 0.1) is 28.9 Å². The first kappa shape index (κ1) is 15.8. The molecule has 2 heterocycles. The molecule has 0 saturated carbocycles. The van der Waals surface area contributed by atoms with Crippen molar-refractivity contribution >= 4 is 23.2 Å². The predicted molar refractivity (Wildman–Crippen MR) is 88.7 cm³/mol. The van der Waals surface area contributed by atoms with Gasteiger partial charge in [-0.25, -0.2) is 4.98 Å². The number of nitriles is 1. The fourth-order valence-corrected chi connectivity index (χ4v) is 2.29. The van der Waals surface area contributed by atoms with Crippen LogP contribution in [0.2, 0.25) is 5.02 Å². The summed E-state index contributed by atoms with van der Waals surface area (Å²) in [5, 5.41) is 12.1. The molecule has 0 aliphatic rings. The second kappa shape index (κ2) is 7.02. The molecule has 1 amide bonds. The largest absolute Gasteiger partial charge is 0.484 e. The number of amides is 1. The van der Waals surface area contributed by atoms with Crippen LogP contribution in [0.5, 0.6) is 5.75 Å². The molecule has 1 N–H and O–H groups in total. The monoisotopic (exact) mass is 340 g/mol. The lowest BCUT2D eigenvalue weighted by Crippen LogP contribution is -2.28. The lowest BCUT2D eigenvalue weighted by atomic mass is 10.2. The first-order valence-electron chi connectivity index (χ1n) is 7.17. The van der Waals surface area contributed by atoms with Crippen LogP contribution >= 0.6 is 11.6 Å². The Balaban J connectivity index is 1.51.